The van der Waals surface area contributed by atoms with Gasteiger partial charge in [-0.1, -0.05) is 0 Å². The van der Waals surface area contributed by atoms with Gasteiger partial charge in [0, 0.05) is 4.90 Å². The van der Waals surface area contributed by atoms with E-state index in [-0.39, 0.29) is 0 Å². The molecule has 86 valence electrons. The van der Waals surface area contributed by atoms with Crippen LogP contribution in [0.3, 0.4) is 0 Å². The van der Waals surface area contributed by atoms with Crippen molar-refractivity contribution in [1.29, 1.82) is 0 Å². The summed E-state index contributed by atoms with van der Waals surface area (Å²) in [5.41, 5.74) is 2.76. The first-order chi connectivity index (χ1) is 7.51. The summed E-state index contributed by atoms with van der Waals surface area (Å²) < 4.78 is 0. The van der Waals surface area contributed by atoms with Crippen LogP contribution in [-0.2, 0) is 10.2 Å². The van der Waals surface area contributed by atoms with Crippen molar-refractivity contribution >= 4 is 17.7 Å². The van der Waals surface area contributed by atoms with E-state index < -0.39 is 11.4 Å². The van der Waals surface area contributed by atoms with Gasteiger partial charge >= 0.3 is 5.97 Å². The molecule has 1 fully saturated rings. The van der Waals surface area contributed by atoms with Gasteiger partial charge in [-0.2, -0.15) is 0 Å². The Kier molecular flexibility index (Phi) is 2.74. The van der Waals surface area contributed by atoms with Crippen molar-refractivity contribution in [2.45, 2.75) is 37.0 Å². The molecule has 0 radical (unpaired) electrons. The van der Waals surface area contributed by atoms with Gasteiger partial charge in [-0.3, -0.25) is 4.79 Å². The average Bonchev–Trinajstić information content (AvgIpc) is 3.02. The Balaban J connectivity index is 2.56. The van der Waals surface area contributed by atoms with Crippen LogP contribution in [0.1, 0.15) is 29.5 Å². The highest BCUT2D eigenvalue weighted by Gasteiger charge is 2.52. The van der Waals surface area contributed by atoms with Crippen LogP contribution in [0.2, 0.25) is 0 Å². The second kappa shape index (κ2) is 3.81. The largest absolute Gasteiger partial charge is 0.481 e. The minimum absolute atomic E-state index is 0.583. The SMILES string of the molecule is CSc1cc(C)c(C)c(C2(C(=O)O)CC2)c1. The van der Waals surface area contributed by atoms with E-state index in [9.17, 15) is 9.90 Å². The molecule has 0 saturated heterocycles. The van der Waals surface area contributed by atoms with Crippen LogP contribution in [0.15, 0.2) is 17.0 Å². The molecular weight excluding hydrogens is 220 g/mol. The van der Waals surface area contributed by atoms with Gasteiger partial charge in [0.25, 0.3) is 0 Å². The second-order valence-corrected chi connectivity index (χ2v) is 5.38. The lowest BCUT2D eigenvalue weighted by Gasteiger charge is -2.16. The molecule has 0 amide bonds. The minimum Gasteiger partial charge on any atom is -0.481 e. The smallest absolute Gasteiger partial charge is 0.314 e. The molecule has 1 aliphatic rings. The van der Waals surface area contributed by atoms with Crippen molar-refractivity contribution in [1.82, 2.24) is 0 Å². The molecule has 3 heteroatoms. The maximum Gasteiger partial charge on any atom is 0.314 e. The van der Waals surface area contributed by atoms with Gasteiger partial charge in [0.1, 0.15) is 0 Å². The lowest BCUT2D eigenvalue weighted by molar-refractivity contribution is -0.140. The maximum atomic E-state index is 11.3. The van der Waals surface area contributed by atoms with Crippen molar-refractivity contribution in [3.05, 3.63) is 28.8 Å². The van der Waals surface area contributed by atoms with E-state index in [0.29, 0.717) is 0 Å². The highest BCUT2D eigenvalue weighted by Crippen LogP contribution is 2.50. The van der Waals surface area contributed by atoms with Crippen LogP contribution in [0.25, 0.3) is 0 Å². The number of benzene rings is 1. The summed E-state index contributed by atoms with van der Waals surface area (Å²) in [6.45, 7) is 4.08. The quantitative estimate of drug-likeness (QED) is 0.819. The number of carboxylic acid groups (broad SMARTS) is 1. The van der Waals surface area contributed by atoms with E-state index in [1.165, 1.54) is 5.56 Å². The van der Waals surface area contributed by atoms with Gasteiger partial charge in [-0.05, 0) is 61.8 Å². The zero-order chi connectivity index (χ0) is 11.9. The van der Waals surface area contributed by atoms with E-state index in [1.54, 1.807) is 11.8 Å². The van der Waals surface area contributed by atoms with E-state index in [4.69, 9.17) is 0 Å². The van der Waals surface area contributed by atoms with Gasteiger partial charge < -0.3 is 5.11 Å². The van der Waals surface area contributed by atoms with Gasteiger partial charge in [0.05, 0.1) is 5.41 Å². The summed E-state index contributed by atoms with van der Waals surface area (Å²) in [5, 5.41) is 9.33. The number of hydrogen-bond donors (Lipinski definition) is 1. The third-order valence-electron chi connectivity index (χ3n) is 3.55. The van der Waals surface area contributed by atoms with Crippen LogP contribution < -0.4 is 0 Å². The highest BCUT2D eigenvalue weighted by atomic mass is 32.2. The molecule has 0 spiro atoms. The molecule has 1 N–H and O–H groups in total. The zero-order valence-corrected chi connectivity index (χ0v) is 10.6. The van der Waals surface area contributed by atoms with E-state index in [0.717, 1.165) is 28.9 Å². The summed E-state index contributed by atoms with van der Waals surface area (Å²) in [6, 6.07) is 4.18. The summed E-state index contributed by atoms with van der Waals surface area (Å²) in [5.74, 6) is -0.673. The molecular formula is C13H16O2S. The fraction of sp³-hybridized carbons (Fsp3) is 0.462. The van der Waals surface area contributed by atoms with E-state index in [2.05, 4.69) is 13.0 Å². The van der Waals surface area contributed by atoms with Gasteiger partial charge in [0.2, 0.25) is 0 Å². The Morgan fingerprint density at radius 1 is 1.38 bits per heavy atom. The molecule has 2 rings (SSSR count). The number of thioether (sulfide) groups is 1. The first-order valence-corrected chi connectivity index (χ1v) is 6.63. The molecule has 0 unspecified atom stereocenters. The molecule has 1 saturated carbocycles. The Bertz CT molecular complexity index is 447. The average molecular weight is 236 g/mol. The van der Waals surface area contributed by atoms with Crippen molar-refractivity contribution in [3.63, 3.8) is 0 Å². The Morgan fingerprint density at radius 2 is 2.00 bits per heavy atom. The Morgan fingerprint density at radius 3 is 2.44 bits per heavy atom. The second-order valence-electron chi connectivity index (χ2n) is 4.50. The lowest BCUT2D eigenvalue weighted by Crippen LogP contribution is -2.21. The van der Waals surface area contributed by atoms with Gasteiger partial charge in [0.15, 0.2) is 0 Å². The number of carboxylic acids is 1. The van der Waals surface area contributed by atoms with Crippen LogP contribution in [0.4, 0.5) is 0 Å². The third-order valence-corrected chi connectivity index (χ3v) is 4.26. The first kappa shape index (κ1) is 11.5. The summed E-state index contributed by atoms with van der Waals surface area (Å²) in [7, 11) is 0. The fourth-order valence-electron chi connectivity index (χ4n) is 2.16. The molecule has 0 atom stereocenters. The first-order valence-electron chi connectivity index (χ1n) is 5.40. The normalized spacial score (nSPS) is 17.2. The Labute approximate surface area is 100 Å². The zero-order valence-electron chi connectivity index (χ0n) is 9.83. The predicted octanol–water partition coefficient (Wildman–Crippen LogP) is 3.14. The van der Waals surface area contributed by atoms with Crippen LogP contribution >= 0.6 is 11.8 Å². The predicted molar refractivity (Wildman–Crippen MR) is 66.2 cm³/mol. The molecule has 0 bridgehead atoms. The molecule has 1 aromatic rings. The van der Waals surface area contributed by atoms with Crippen LogP contribution in [0.5, 0.6) is 0 Å². The van der Waals surface area contributed by atoms with Crippen molar-refractivity contribution in [2.24, 2.45) is 0 Å². The Hall–Kier alpha value is -0.960. The van der Waals surface area contributed by atoms with Crippen molar-refractivity contribution in [3.8, 4) is 0 Å². The molecule has 0 aliphatic heterocycles. The lowest BCUT2D eigenvalue weighted by atomic mass is 9.90. The maximum absolute atomic E-state index is 11.3. The summed E-state index contributed by atoms with van der Waals surface area (Å²) in [6.07, 6.45) is 3.58. The van der Waals surface area contributed by atoms with Gasteiger partial charge in [-0.25, -0.2) is 0 Å². The van der Waals surface area contributed by atoms with E-state index in [1.807, 2.05) is 19.2 Å². The monoisotopic (exact) mass is 236 g/mol. The van der Waals surface area contributed by atoms with Crippen molar-refractivity contribution in [2.75, 3.05) is 6.26 Å². The molecule has 2 nitrogen and oxygen atoms in total. The number of aryl methyl sites for hydroxylation is 1. The number of rotatable bonds is 3. The molecule has 16 heavy (non-hydrogen) atoms. The summed E-state index contributed by atoms with van der Waals surface area (Å²) >= 11 is 1.67. The molecule has 0 heterocycles. The minimum atomic E-state index is -0.673. The summed E-state index contributed by atoms with van der Waals surface area (Å²) in [4.78, 5) is 12.5. The van der Waals surface area contributed by atoms with Crippen molar-refractivity contribution < 1.29 is 9.90 Å². The third kappa shape index (κ3) is 1.63. The van der Waals surface area contributed by atoms with E-state index >= 15 is 0 Å². The number of aliphatic carboxylic acids is 1. The number of carbonyl (C=O) groups is 1. The topological polar surface area (TPSA) is 37.3 Å². The highest BCUT2D eigenvalue weighted by molar-refractivity contribution is 7.98. The van der Waals surface area contributed by atoms with Gasteiger partial charge in [-0.15, -0.1) is 11.8 Å². The molecule has 1 aromatic carbocycles. The molecule has 0 aromatic heterocycles. The number of hydrogen-bond acceptors (Lipinski definition) is 2. The standard InChI is InChI=1S/C13H16O2S/c1-8-6-10(16-3)7-11(9(8)2)13(4-5-13)12(14)15/h6-7H,4-5H2,1-3H3,(H,14,15). The fourth-order valence-corrected chi connectivity index (χ4v) is 2.69. The molecule has 1 aliphatic carbocycles. The van der Waals surface area contributed by atoms with Crippen LogP contribution in [0, 0.1) is 13.8 Å². The van der Waals surface area contributed by atoms with Crippen LogP contribution in [-0.4, -0.2) is 17.3 Å².